The number of nitrogens with zero attached hydrogens (tertiary/aromatic N) is 1. The van der Waals surface area contributed by atoms with Crippen molar-refractivity contribution in [2.24, 2.45) is 0 Å². The Morgan fingerprint density at radius 1 is 1.50 bits per heavy atom. The smallest absolute Gasteiger partial charge is 0.333 e. The second kappa shape index (κ2) is 6.71. The van der Waals surface area contributed by atoms with Gasteiger partial charge in [-0.2, -0.15) is 0 Å². The molecule has 0 atom stereocenters. The van der Waals surface area contributed by atoms with E-state index in [9.17, 15) is 10.1 Å². The zero-order chi connectivity index (χ0) is 14.5. The molecule has 0 aliphatic heterocycles. The van der Waals surface area contributed by atoms with E-state index in [2.05, 4.69) is 21.2 Å². The number of hydrogen-bond acceptors (Lipinski definition) is 5. The van der Waals surface area contributed by atoms with Gasteiger partial charge in [0.05, 0.1) is 11.5 Å². The summed E-state index contributed by atoms with van der Waals surface area (Å²) in [5.41, 5.74) is 0.440. The molecule has 0 saturated carbocycles. The lowest BCUT2D eigenvalue weighted by atomic mass is 10.2. The number of nitrogens with one attached hydrogen (secondary N) is 1. The molecule has 0 bridgehead atoms. The van der Waals surface area contributed by atoms with Gasteiger partial charge < -0.3 is 10.1 Å². The Balaban J connectivity index is 2.22. The average Bonchev–Trinajstić information content (AvgIpc) is 2.82. The van der Waals surface area contributed by atoms with E-state index in [0.29, 0.717) is 18.8 Å². The molecule has 0 amide bonds. The number of thiophene rings is 1. The van der Waals surface area contributed by atoms with Crippen LogP contribution in [0.25, 0.3) is 0 Å². The van der Waals surface area contributed by atoms with Crippen molar-refractivity contribution < 1.29 is 9.66 Å². The second-order valence-electron chi connectivity index (χ2n) is 3.93. The summed E-state index contributed by atoms with van der Waals surface area (Å²) in [5, 5.41) is 16.3. The first-order valence-electron chi connectivity index (χ1n) is 5.98. The monoisotopic (exact) mass is 356 g/mol. The molecule has 0 unspecified atom stereocenters. The van der Waals surface area contributed by atoms with Gasteiger partial charge in [-0.1, -0.05) is 6.07 Å². The summed E-state index contributed by atoms with van der Waals surface area (Å²) in [4.78, 5) is 11.9. The van der Waals surface area contributed by atoms with E-state index < -0.39 is 4.92 Å². The molecule has 7 heteroatoms. The SMILES string of the molecule is CCOc1cccc(NCc2cc(Br)cs2)c1[N+](=O)[O-]. The molecule has 106 valence electrons. The molecule has 0 saturated heterocycles. The second-order valence-corrected chi connectivity index (χ2v) is 5.84. The van der Waals surface area contributed by atoms with Gasteiger partial charge in [0.2, 0.25) is 0 Å². The average molecular weight is 357 g/mol. The van der Waals surface area contributed by atoms with Crippen molar-refractivity contribution >= 4 is 38.6 Å². The van der Waals surface area contributed by atoms with Crippen molar-refractivity contribution in [2.45, 2.75) is 13.5 Å². The van der Waals surface area contributed by atoms with E-state index in [4.69, 9.17) is 4.74 Å². The first kappa shape index (κ1) is 14.8. The van der Waals surface area contributed by atoms with Crippen LogP contribution in [0.2, 0.25) is 0 Å². The van der Waals surface area contributed by atoms with Gasteiger partial charge >= 0.3 is 5.69 Å². The van der Waals surface area contributed by atoms with Crippen molar-refractivity contribution in [3.05, 3.63) is 49.1 Å². The molecule has 5 nitrogen and oxygen atoms in total. The van der Waals surface area contributed by atoms with Crippen molar-refractivity contribution in [1.82, 2.24) is 0 Å². The Morgan fingerprint density at radius 2 is 2.30 bits per heavy atom. The fourth-order valence-corrected chi connectivity index (χ4v) is 3.14. The lowest BCUT2D eigenvalue weighted by Crippen LogP contribution is -2.04. The van der Waals surface area contributed by atoms with Crippen LogP contribution in [-0.2, 0) is 6.54 Å². The largest absolute Gasteiger partial charge is 0.487 e. The van der Waals surface area contributed by atoms with Crippen molar-refractivity contribution in [3.8, 4) is 5.75 Å². The summed E-state index contributed by atoms with van der Waals surface area (Å²) in [6.07, 6.45) is 0. The molecule has 0 radical (unpaired) electrons. The van der Waals surface area contributed by atoms with Crippen molar-refractivity contribution in [3.63, 3.8) is 0 Å². The Labute approximate surface area is 128 Å². The quantitative estimate of drug-likeness (QED) is 0.614. The highest BCUT2D eigenvalue weighted by atomic mass is 79.9. The fraction of sp³-hybridized carbons (Fsp3) is 0.231. The first-order chi connectivity index (χ1) is 9.61. The topological polar surface area (TPSA) is 64.4 Å². The summed E-state index contributed by atoms with van der Waals surface area (Å²) in [5.74, 6) is 0.287. The van der Waals surface area contributed by atoms with E-state index in [-0.39, 0.29) is 11.4 Å². The van der Waals surface area contributed by atoms with Crippen LogP contribution in [0.5, 0.6) is 5.75 Å². The van der Waals surface area contributed by atoms with Crippen LogP contribution in [0.1, 0.15) is 11.8 Å². The molecule has 0 fully saturated rings. The number of halogens is 1. The van der Waals surface area contributed by atoms with E-state index in [1.807, 2.05) is 11.4 Å². The van der Waals surface area contributed by atoms with Crippen molar-refractivity contribution in [2.75, 3.05) is 11.9 Å². The molecule has 1 aromatic carbocycles. The van der Waals surface area contributed by atoms with Crippen LogP contribution in [0.15, 0.2) is 34.1 Å². The van der Waals surface area contributed by atoms with Gasteiger partial charge in [0.1, 0.15) is 5.69 Å². The molecule has 1 aromatic heterocycles. The molecular weight excluding hydrogens is 344 g/mol. The highest BCUT2D eigenvalue weighted by Crippen LogP contribution is 2.35. The predicted molar refractivity (Wildman–Crippen MR) is 83.6 cm³/mol. The van der Waals surface area contributed by atoms with Gasteiger partial charge in [-0.05, 0) is 41.1 Å². The summed E-state index contributed by atoms with van der Waals surface area (Å²) < 4.78 is 6.32. The number of nitro benzene ring substituents is 1. The number of ether oxygens (including phenoxy) is 1. The fourth-order valence-electron chi connectivity index (χ4n) is 1.75. The van der Waals surface area contributed by atoms with Gasteiger partial charge in [0.25, 0.3) is 0 Å². The maximum Gasteiger partial charge on any atom is 0.333 e. The molecule has 1 N–H and O–H groups in total. The number of benzene rings is 1. The number of nitro groups is 1. The Hall–Kier alpha value is -1.60. The lowest BCUT2D eigenvalue weighted by Gasteiger charge is -2.09. The molecule has 2 rings (SSSR count). The van der Waals surface area contributed by atoms with Gasteiger partial charge in [-0.25, -0.2) is 0 Å². The number of hydrogen-bond donors (Lipinski definition) is 1. The third-order valence-electron chi connectivity index (χ3n) is 2.56. The van der Waals surface area contributed by atoms with E-state index in [0.717, 1.165) is 9.35 Å². The number of para-hydroxylation sites is 1. The molecule has 0 spiro atoms. The minimum Gasteiger partial charge on any atom is -0.487 e. The van der Waals surface area contributed by atoms with Gasteiger partial charge in [-0.3, -0.25) is 10.1 Å². The first-order valence-corrected chi connectivity index (χ1v) is 7.66. The summed E-state index contributed by atoms with van der Waals surface area (Å²) in [6.45, 7) is 2.72. The Kier molecular flexibility index (Phi) is 4.97. The zero-order valence-corrected chi connectivity index (χ0v) is 13.2. The lowest BCUT2D eigenvalue weighted by molar-refractivity contribution is -0.384. The standard InChI is InChI=1S/C13H13BrN2O3S/c1-2-19-12-5-3-4-11(13(12)16(17)18)15-7-10-6-9(14)8-20-10/h3-6,8,15H,2,7H2,1H3. The van der Waals surface area contributed by atoms with Gasteiger partial charge in [-0.15, -0.1) is 11.3 Å². The van der Waals surface area contributed by atoms with Crippen LogP contribution in [0.4, 0.5) is 11.4 Å². The third kappa shape index (κ3) is 3.49. The third-order valence-corrected chi connectivity index (χ3v) is 4.25. The molecule has 0 aliphatic rings. The number of anilines is 1. The maximum absolute atomic E-state index is 11.2. The number of rotatable bonds is 6. The van der Waals surface area contributed by atoms with Crippen LogP contribution in [0.3, 0.4) is 0 Å². The molecule has 20 heavy (non-hydrogen) atoms. The Bertz CT molecular complexity index is 615. The summed E-state index contributed by atoms with van der Waals surface area (Å²) in [7, 11) is 0. The van der Waals surface area contributed by atoms with Gasteiger partial charge in [0.15, 0.2) is 5.75 Å². The minimum atomic E-state index is -0.419. The predicted octanol–water partition coefficient (Wildman–Crippen LogP) is 4.43. The molecule has 1 heterocycles. The normalized spacial score (nSPS) is 10.3. The van der Waals surface area contributed by atoms with Crippen LogP contribution >= 0.6 is 27.3 Å². The zero-order valence-electron chi connectivity index (χ0n) is 10.8. The van der Waals surface area contributed by atoms with E-state index in [1.54, 1.807) is 36.5 Å². The molecule has 0 aliphatic carbocycles. The van der Waals surface area contributed by atoms with Crippen LogP contribution < -0.4 is 10.1 Å². The molecular formula is C13H13BrN2O3S. The van der Waals surface area contributed by atoms with Crippen molar-refractivity contribution in [1.29, 1.82) is 0 Å². The minimum absolute atomic E-state index is 0.0232. The molecule has 2 aromatic rings. The van der Waals surface area contributed by atoms with Crippen LogP contribution in [-0.4, -0.2) is 11.5 Å². The summed E-state index contributed by atoms with van der Waals surface area (Å²) in [6, 6.07) is 7.01. The highest BCUT2D eigenvalue weighted by molar-refractivity contribution is 9.10. The maximum atomic E-state index is 11.2. The van der Waals surface area contributed by atoms with Crippen LogP contribution in [0, 0.1) is 10.1 Å². The highest BCUT2D eigenvalue weighted by Gasteiger charge is 2.20. The Morgan fingerprint density at radius 3 is 2.90 bits per heavy atom. The van der Waals surface area contributed by atoms with E-state index >= 15 is 0 Å². The van der Waals surface area contributed by atoms with Gasteiger partial charge in [0, 0.05) is 21.3 Å². The summed E-state index contributed by atoms with van der Waals surface area (Å²) >= 11 is 4.97. The van der Waals surface area contributed by atoms with E-state index in [1.165, 1.54) is 0 Å².